The quantitative estimate of drug-likeness (QED) is 0.723. The molecule has 2 aromatic carbocycles. The van der Waals surface area contributed by atoms with Gasteiger partial charge in [-0.25, -0.2) is 0 Å². The van der Waals surface area contributed by atoms with Crippen LogP contribution < -0.4 is 4.74 Å². The van der Waals surface area contributed by atoms with Crippen molar-refractivity contribution in [3.63, 3.8) is 0 Å². The van der Waals surface area contributed by atoms with Gasteiger partial charge in [0.25, 0.3) is 5.91 Å². The number of hydrogen-bond acceptors (Lipinski definition) is 3. The van der Waals surface area contributed by atoms with Crippen LogP contribution in [0.15, 0.2) is 36.4 Å². The van der Waals surface area contributed by atoms with E-state index in [9.17, 15) is 9.59 Å². The zero-order chi connectivity index (χ0) is 19.2. The number of aryl methyl sites for hydroxylation is 2. The van der Waals surface area contributed by atoms with E-state index in [0.29, 0.717) is 54.3 Å². The maximum absolute atomic E-state index is 12.8. The van der Waals surface area contributed by atoms with Crippen LogP contribution in [0.4, 0.5) is 0 Å². The van der Waals surface area contributed by atoms with E-state index in [1.165, 1.54) is 0 Å². The highest BCUT2D eigenvalue weighted by molar-refractivity contribution is 6.30. The lowest BCUT2D eigenvalue weighted by molar-refractivity contribution is -0.00580. The SMILES string of the molecule is Cc1cc(C)c2c(c1)OC1(CCN(C(=O)c3ccc(Cl)cc3)CC1)CC2=O. The number of likely N-dealkylation sites (tertiary alicyclic amines) is 1. The number of ketones is 1. The molecule has 0 unspecified atom stereocenters. The van der Waals surface area contributed by atoms with Crippen molar-refractivity contribution < 1.29 is 14.3 Å². The smallest absolute Gasteiger partial charge is 0.253 e. The molecule has 4 rings (SSSR count). The fourth-order valence-corrected chi connectivity index (χ4v) is 4.31. The van der Waals surface area contributed by atoms with Gasteiger partial charge in [0, 0.05) is 36.5 Å². The van der Waals surface area contributed by atoms with Crippen LogP contribution in [0.25, 0.3) is 0 Å². The van der Waals surface area contributed by atoms with Crippen molar-refractivity contribution in [2.45, 2.75) is 38.7 Å². The van der Waals surface area contributed by atoms with Crippen LogP contribution >= 0.6 is 11.6 Å². The molecule has 2 aliphatic heterocycles. The Morgan fingerprint density at radius 2 is 1.78 bits per heavy atom. The summed E-state index contributed by atoms with van der Waals surface area (Å²) in [6.07, 6.45) is 1.70. The fraction of sp³-hybridized carbons (Fsp3) is 0.364. The molecule has 2 aliphatic rings. The summed E-state index contributed by atoms with van der Waals surface area (Å²) < 4.78 is 6.37. The first-order chi connectivity index (χ1) is 12.9. The van der Waals surface area contributed by atoms with Crippen molar-refractivity contribution in [1.29, 1.82) is 0 Å². The summed E-state index contributed by atoms with van der Waals surface area (Å²) in [6.45, 7) is 5.12. The van der Waals surface area contributed by atoms with Gasteiger partial charge in [-0.05, 0) is 55.3 Å². The molecule has 2 heterocycles. The molecular weight excluding hydrogens is 362 g/mol. The molecule has 0 N–H and O–H groups in total. The maximum Gasteiger partial charge on any atom is 0.253 e. The zero-order valence-electron chi connectivity index (χ0n) is 15.5. The molecule has 1 amide bonds. The van der Waals surface area contributed by atoms with E-state index < -0.39 is 5.60 Å². The van der Waals surface area contributed by atoms with Crippen molar-refractivity contribution in [3.05, 3.63) is 63.7 Å². The van der Waals surface area contributed by atoms with Crippen molar-refractivity contribution in [2.24, 2.45) is 0 Å². The number of rotatable bonds is 1. The molecular formula is C22H22ClNO3. The highest BCUT2D eigenvalue weighted by Crippen LogP contribution is 2.41. The van der Waals surface area contributed by atoms with Crippen LogP contribution in [0.2, 0.25) is 5.02 Å². The predicted molar refractivity (Wildman–Crippen MR) is 105 cm³/mol. The molecule has 1 spiro atoms. The minimum Gasteiger partial charge on any atom is -0.486 e. The third-order valence-corrected chi connectivity index (χ3v) is 5.84. The Bertz CT molecular complexity index is 912. The Balaban J connectivity index is 1.51. The van der Waals surface area contributed by atoms with Crippen molar-refractivity contribution in [2.75, 3.05) is 13.1 Å². The highest BCUT2D eigenvalue weighted by atomic mass is 35.5. The number of hydrogen-bond donors (Lipinski definition) is 0. The topological polar surface area (TPSA) is 46.6 Å². The summed E-state index contributed by atoms with van der Waals surface area (Å²) in [4.78, 5) is 27.3. The molecule has 0 atom stereocenters. The van der Waals surface area contributed by atoms with Gasteiger partial charge in [0.1, 0.15) is 11.4 Å². The van der Waals surface area contributed by atoms with Crippen molar-refractivity contribution >= 4 is 23.3 Å². The molecule has 140 valence electrons. The normalized spacial score (nSPS) is 18.2. The minimum absolute atomic E-state index is 0.00394. The van der Waals surface area contributed by atoms with E-state index in [2.05, 4.69) is 0 Å². The van der Waals surface area contributed by atoms with Crippen LogP contribution in [-0.2, 0) is 0 Å². The monoisotopic (exact) mass is 383 g/mol. The number of piperidine rings is 1. The number of nitrogens with zero attached hydrogens (tertiary/aromatic N) is 1. The average Bonchev–Trinajstić information content (AvgIpc) is 2.61. The standard InChI is InChI=1S/C22H22ClNO3/c1-14-11-15(2)20-18(25)13-22(27-19(20)12-14)7-9-24(10-8-22)21(26)16-3-5-17(23)6-4-16/h3-6,11-12H,7-10,13H2,1-2H3. The van der Waals surface area contributed by atoms with Gasteiger partial charge in [-0.1, -0.05) is 17.7 Å². The molecule has 4 nitrogen and oxygen atoms in total. The molecule has 0 aliphatic carbocycles. The van der Waals surface area contributed by atoms with Crippen LogP contribution in [-0.4, -0.2) is 35.3 Å². The number of fused-ring (bicyclic) bond motifs is 1. The van der Waals surface area contributed by atoms with Crippen LogP contribution in [0.3, 0.4) is 0 Å². The molecule has 0 bridgehead atoms. The molecule has 0 radical (unpaired) electrons. The van der Waals surface area contributed by atoms with Gasteiger partial charge in [0.2, 0.25) is 0 Å². The lowest BCUT2D eigenvalue weighted by Gasteiger charge is -2.44. The van der Waals surface area contributed by atoms with Gasteiger partial charge < -0.3 is 9.64 Å². The Morgan fingerprint density at radius 1 is 1.11 bits per heavy atom. The first kappa shape index (κ1) is 18.1. The van der Waals surface area contributed by atoms with E-state index in [4.69, 9.17) is 16.3 Å². The third kappa shape index (κ3) is 3.34. The summed E-state index contributed by atoms with van der Waals surface area (Å²) in [5, 5.41) is 0.613. The fourth-order valence-electron chi connectivity index (χ4n) is 4.19. The summed E-state index contributed by atoms with van der Waals surface area (Å²) in [5.41, 5.74) is 2.91. The second-order valence-electron chi connectivity index (χ2n) is 7.64. The predicted octanol–water partition coefficient (Wildman–Crippen LogP) is 4.60. The Labute approximate surface area is 164 Å². The largest absolute Gasteiger partial charge is 0.486 e. The van der Waals surface area contributed by atoms with Gasteiger partial charge in [-0.3, -0.25) is 9.59 Å². The van der Waals surface area contributed by atoms with Crippen LogP contribution in [0, 0.1) is 13.8 Å². The number of Topliss-reactive ketones (excluding diaryl/α,β-unsaturated/α-hetero) is 1. The number of carbonyl (C=O) groups excluding carboxylic acids is 2. The average molecular weight is 384 g/mol. The van der Waals surface area contributed by atoms with E-state index >= 15 is 0 Å². The Hall–Kier alpha value is -2.33. The molecule has 0 saturated carbocycles. The number of amides is 1. The van der Waals surface area contributed by atoms with Gasteiger partial charge >= 0.3 is 0 Å². The minimum atomic E-state index is -0.499. The van der Waals surface area contributed by atoms with Crippen LogP contribution in [0.5, 0.6) is 5.75 Å². The van der Waals surface area contributed by atoms with E-state index in [0.717, 1.165) is 11.1 Å². The number of ether oxygens (including phenoxy) is 1. The summed E-state index contributed by atoms with van der Waals surface area (Å²) in [6, 6.07) is 10.9. The van der Waals surface area contributed by atoms with E-state index in [1.54, 1.807) is 24.3 Å². The molecule has 2 aromatic rings. The molecule has 0 aromatic heterocycles. The zero-order valence-corrected chi connectivity index (χ0v) is 16.3. The summed E-state index contributed by atoms with van der Waals surface area (Å²) >= 11 is 5.90. The van der Waals surface area contributed by atoms with E-state index in [-0.39, 0.29) is 11.7 Å². The van der Waals surface area contributed by atoms with E-state index in [1.807, 2.05) is 30.9 Å². The van der Waals surface area contributed by atoms with Gasteiger partial charge in [-0.15, -0.1) is 0 Å². The molecule has 5 heteroatoms. The second kappa shape index (κ2) is 6.68. The number of halogens is 1. The lowest BCUT2D eigenvalue weighted by Crippen LogP contribution is -2.52. The number of benzene rings is 2. The summed E-state index contributed by atoms with van der Waals surface area (Å²) in [7, 11) is 0. The summed E-state index contributed by atoms with van der Waals surface area (Å²) in [5.74, 6) is 0.836. The lowest BCUT2D eigenvalue weighted by atomic mass is 9.81. The molecule has 1 fully saturated rings. The third-order valence-electron chi connectivity index (χ3n) is 5.58. The molecule has 27 heavy (non-hydrogen) atoms. The van der Waals surface area contributed by atoms with Gasteiger partial charge in [-0.2, -0.15) is 0 Å². The van der Waals surface area contributed by atoms with Crippen LogP contribution in [0.1, 0.15) is 51.1 Å². The highest BCUT2D eigenvalue weighted by Gasteiger charge is 2.44. The van der Waals surface area contributed by atoms with Gasteiger partial charge in [0.05, 0.1) is 12.0 Å². The Morgan fingerprint density at radius 3 is 2.44 bits per heavy atom. The number of carbonyl (C=O) groups is 2. The first-order valence-corrected chi connectivity index (χ1v) is 9.63. The van der Waals surface area contributed by atoms with Crippen molar-refractivity contribution in [1.82, 2.24) is 4.90 Å². The second-order valence-corrected chi connectivity index (χ2v) is 8.08. The maximum atomic E-state index is 12.8. The van der Waals surface area contributed by atoms with Crippen molar-refractivity contribution in [3.8, 4) is 5.75 Å². The first-order valence-electron chi connectivity index (χ1n) is 9.25. The van der Waals surface area contributed by atoms with Gasteiger partial charge in [0.15, 0.2) is 5.78 Å². The Kier molecular flexibility index (Phi) is 4.47. The molecule has 1 saturated heterocycles.